The van der Waals surface area contributed by atoms with Crippen LogP contribution in [0.15, 0.2) is 54.9 Å². The van der Waals surface area contributed by atoms with Crippen molar-refractivity contribution in [2.75, 3.05) is 6.54 Å². The molecule has 1 aromatic heterocycles. The highest BCUT2D eigenvalue weighted by molar-refractivity contribution is 5.68. The molecule has 0 aliphatic carbocycles. The summed E-state index contributed by atoms with van der Waals surface area (Å²) in [6.45, 7) is 1.72. The fourth-order valence-corrected chi connectivity index (χ4v) is 1.76. The van der Waals surface area contributed by atoms with E-state index in [0.717, 1.165) is 19.5 Å². The number of rotatable bonds is 5. The number of hydrogen-bond donors (Lipinski definition) is 1. The summed E-state index contributed by atoms with van der Waals surface area (Å²) in [5.74, 6) is 0. The van der Waals surface area contributed by atoms with E-state index in [1.165, 1.54) is 11.1 Å². The molecule has 0 atom stereocenters. The minimum atomic E-state index is 0.739. The van der Waals surface area contributed by atoms with Crippen molar-refractivity contribution in [2.24, 2.45) is 5.73 Å². The van der Waals surface area contributed by atoms with E-state index in [0.29, 0.717) is 0 Å². The van der Waals surface area contributed by atoms with Crippen molar-refractivity contribution in [2.45, 2.75) is 13.0 Å². The Hall–Kier alpha value is -1.93. The molecule has 1 aromatic carbocycles. The lowest BCUT2D eigenvalue weighted by molar-refractivity contribution is -0.697. The molecule has 2 heteroatoms. The van der Waals surface area contributed by atoms with E-state index in [1.807, 2.05) is 18.2 Å². The van der Waals surface area contributed by atoms with Gasteiger partial charge in [0.1, 0.15) is 6.54 Å². The van der Waals surface area contributed by atoms with Gasteiger partial charge in [0.15, 0.2) is 12.4 Å². The SMILES string of the molecule is NCCC[n+]1ccc(/C=C/c2ccccc2)cc1. The maximum Gasteiger partial charge on any atom is 0.169 e. The molecule has 2 N–H and O–H groups in total. The van der Waals surface area contributed by atoms with Gasteiger partial charge in [-0.05, 0) is 17.7 Å². The van der Waals surface area contributed by atoms with Crippen LogP contribution < -0.4 is 10.3 Å². The van der Waals surface area contributed by atoms with Gasteiger partial charge < -0.3 is 5.73 Å². The summed E-state index contributed by atoms with van der Waals surface area (Å²) < 4.78 is 2.16. The van der Waals surface area contributed by atoms with E-state index in [1.54, 1.807) is 0 Å². The fourth-order valence-electron chi connectivity index (χ4n) is 1.76. The van der Waals surface area contributed by atoms with E-state index >= 15 is 0 Å². The van der Waals surface area contributed by atoms with E-state index in [-0.39, 0.29) is 0 Å². The first-order valence-electron chi connectivity index (χ1n) is 6.31. The summed E-state index contributed by atoms with van der Waals surface area (Å²) in [6.07, 6.45) is 9.46. The van der Waals surface area contributed by atoms with Crippen LogP contribution >= 0.6 is 0 Å². The van der Waals surface area contributed by atoms with Crippen LogP contribution in [0.4, 0.5) is 0 Å². The first-order valence-corrected chi connectivity index (χ1v) is 6.31. The van der Waals surface area contributed by atoms with Gasteiger partial charge in [-0.1, -0.05) is 42.5 Å². The zero-order valence-electron chi connectivity index (χ0n) is 10.5. The van der Waals surface area contributed by atoms with Crippen LogP contribution in [0.1, 0.15) is 17.5 Å². The van der Waals surface area contributed by atoms with Crippen LogP contribution in [-0.4, -0.2) is 6.54 Å². The number of hydrogen-bond acceptors (Lipinski definition) is 1. The molecule has 0 saturated heterocycles. The van der Waals surface area contributed by atoms with Crippen molar-refractivity contribution < 1.29 is 4.57 Å². The highest BCUT2D eigenvalue weighted by atomic mass is 14.9. The normalized spacial score (nSPS) is 10.9. The molecule has 0 spiro atoms. The van der Waals surface area contributed by atoms with Crippen molar-refractivity contribution in [1.29, 1.82) is 0 Å². The fraction of sp³-hybridized carbons (Fsp3) is 0.188. The minimum Gasteiger partial charge on any atom is -0.330 e. The van der Waals surface area contributed by atoms with E-state index in [2.05, 4.69) is 53.4 Å². The number of nitrogens with zero attached hydrogens (tertiary/aromatic N) is 1. The van der Waals surface area contributed by atoms with Crippen molar-refractivity contribution >= 4 is 12.2 Å². The molecule has 2 aromatic rings. The molecule has 0 aliphatic rings. The van der Waals surface area contributed by atoms with Crippen molar-refractivity contribution in [3.05, 3.63) is 66.0 Å². The van der Waals surface area contributed by atoms with E-state index in [4.69, 9.17) is 5.73 Å². The summed E-state index contributed by atoms with van der Waals surface area (Å²) in [7, 11) is 0. The predicted molar refractivity (Wildman–Crippen MR) is 75.7 cm³/mol. The largest absolute Gasteiger partial charge is 0.330 e. The summed E-state index contributed by atoms with van der Waals surface area (Å²) >= 11 is 0. The Morgan fingerprint density at radius 1 is 0.889 bits per heavy atom. The summed E-state index contributed by atoms with van der Waals surface area (Å²) in [6, 6.07) is 14.6. The second-order valence-corrected chi connectivity index (χ2v) is 4.26. The second kappa shape index (κ2) is 6.72. The monoisotopic (exact) mass is 239 g/mol. The van der Waals surface area contributed by atoms with Crippen LogP contribution in [0, 0.1) is 0 Å². The molecule has 0 amide bonds. The van der Waals surface area contributed by atoms with Crippen LogP contribution in [0.2, 0.25) is 0 Å². The molecular formula is C16H19N2+. The van der Waals surface area contributed by atoms with E-state index < -0.39 is 0 Å². The molecule has 1 heterocycles. The predicted octanol–water partition coefficient (Wildman–Crippen LogP) is 2.49. The highest BCUT2D eigenvalue weighted by Gasteiger charge is 1.97. The lowest BCUT2D eigenvalue weighted by atomic mass is 10.1. The third-order valence-electron chi connectivity index (χ3n) is 2.81. The first kappa shape index (κ1) is 12.5. The molecule has 0 saturated carbocycles. The van der Waals surface area contributed by atoms with Gasteiger partial charge in [0.25, 0.3) is 0 Å². The topological polar surface area (TPSA) is 29.9 Å². The Balaban J connectivity index is 2.00. The van der Waals surface area contributed by atoms with Crippen molar-refractivity contribution in [3.8, 4) is 0 Å². The number of benzene rings is 1. The Labute approximate surface area is 108 Å². The molecule has 2 rings (SSSR count). The molecule has 18 heavy (non-hydrogen) atoms. The molecule has 0 unspecified atom stereocenters. The molecule has 0 aliphatic heterocycles. The smallest absolute Gasteiger partial charge is 0.169 e. The van der Waals surface area contributed by atoms with Gasteiger partial charge in [-0.3, -0.25) is 0 Å². The average Bonchev–Trinajstić information content (AvgIpc) is 2.45. The zero-order chi connectivity index (χ0) is 12.6. The molecule has 0 fully saturated rings. The maximum absolute atomic E-state index is 5.49. The standard InChI is InChI=1S/C16H19N2/c17-11-4-12-18-13-9-16(10-14-18)8-7-15-5-2-1-3-6-15/h1-3,5-10,13-14H,4,11-12,17H2/q+1/b8-7+. The average molecular weight is 239 g/mol. The Kier molecular flexibility index (Phi) is 4.68. The van der Waals surface area contributed by atoms with Crippen LogP contribution in [0.25, 0.3) is 12.2 Å². The number of aromatic nitrogens is 1. The minimum absolute atomic E-state index is 0.739. The van der Waals surface area contributed by atoms with Crippen molar-refractivity contribution in [1.82, 2.24) is 0 Å². The van der Waals surface area contributed by atoms with Gasteiger partial charge in [0, 0.05) is 18.6 Å². The third-order valence-corrected chi connectivity index (χ3v) is 2.81. The van der Waals surface area contributed by atoms with Gasteiger partial charge >= 0.3 is 0 Å². The Morgan fingerprint density at radius 3 is 2.11 bits per heavy atom. The van der Waals surface area contributed by atoms with Gasteiger partial charge in [0.05, 0.1) is 0 Å². The summed E-state index contributed by atoms with van der Waals surface area (Å²) in [4.78, 5) is 0. The molecule has 0 bridgehead atoms. The summed E-state index contributed by atoms with van der Waals surface area (Å²) in [5, 5.41) is 0. The molecule has 92 valence electrons. The Bertz CT molecular complexity index is 486. The molecular weight excluding hydrogens is 220 g/mol. The summed E-state index contributed by atoms with van der Waals surface area (Å²) in [5.41, 5.74) is 7.92. The number of nitrogens with two attached hydrogens (primary N) is 1. The van der Waals surface area contributed by atoms with Gasteiger partial charge in [-0.15, -0.1) is 0 Å². The number of pyridine rings is 1. The molecule has 2 nitrogen and oxygen atoms in total. The third kappa shape index (κ3) is 3.82. The highest BCUT2D eigenvalue weighted by Crippen LogP contribution is 2.06. The lowest BCUT2D eigenvalue weighted by Gasteiger charge is -1.96. The number of aryl methyl sites for hydroxylation is 1. The zero-order valence-corrected chi connectivity index (χ0v) is 10.5. The van der Waals surface area contributed by atoms with Crippen molar-refractivity contribution in [3.63, 3.8) is 0 Å². The van der Waals surface area contributed by atoms with Gasteiger partial charge in [-0.2, -0.15) is 0 Å². The van der Waals surface area contributed by atoms with Crippen LogP contribution in [0.3, 0.4) is 0 Å². The van der Waals surface area contributed by atoms with Crippen LogP contribution in [-0.2, 0) is 6.54 Å². The van der Waals surface area contributed by atoms with Gasteiger partial charge in [-0.25, -0.2) is 4.57 Å². The van der Waals surface area contributed by atoms with Gasteiger partial charge in [0.2, 0.25) is 0 Å². The molecule has 0 radical (unpaired) electrons. The maximum atomic E-state index is 5.49. The quantitative estimate of drug-likeness (QED) is 0.798. The lowest BCUT2D eigenvalue weighted by Crippen LogP contribution is -2.33. The second-order valence-electron chi connectivity index (χ2n) is 4.26. The van der Waals surface area contributed by atoms with E-state index in [9.17, 15) is 0 Å². The first-order chi connectivity index (χ1) is 8.88. The van der Waals surface area contributed by atoms with Crippen LogP contribution in [0.5, 0.6) is 0 Å². The Morgan fingerprint density at radius 2 is 1.50 bits per heavy atom.